The lowest BCUT2D eigenvalue weighted by Gasteiger charge is -2.34. The molecule has 0 saturated heterocycles. The van der Waals surface area contributed by atoms with E-state index in [0.29, 0.717) is 13.2 Å². The van der Waals surface area contributed by atoms with Gasteiger partial charge in [-0.2, -0.15) is 0 Å². The Bertz CT molecular complexity index is 197. The lowest BCUT2D eigenvalue weighted by atomic mass is 9.82. The normalized spacial score (nSPS) is 29.8. The zero-order valence-corrected chi connectivity index (χ0v) is 11.7. The Morgan fingerprint density at radius 3 is 2.65 bits per heavy atom. The van der Waals surface area contributed by atoms with E-state index in [4.69, 9.17) is 15.2 Å². The molecule has 0 radical (unpaired) electrons. The van der Waals surface area contributed by atoms with Crippen LogP contribution in [0.4, 0.5) is 0 Å². The summed E-state index contributed by atoms with van der Waals surface area (Å²) in [7, 11) is 0. The number of nitrogens with two attached hydrogens (primary N) is 1. The second kappa shape index (κ2) is 8.06. The SMILES string of the molecule is CCCC1CCC(N)C(OCCOC(C)C)C1. The standard InChI is InChI=1S/C14H29NO2/c1-4-5-12-6-7-13(15)14(10-12)17-9-8-16-11(2)3/h11-14H,4-10,15H2,1-3H3. The van der Waals surface area contributed by atoms with E-state index < -0.39 is 0 Å². The molecule has 0 amide bonds. The van der Waals surface area contributed by atoms with Crippen molar-refractivity contribution in [1.82, 2.24) is 0 Å². The molecule has 0 spiro atoms. The van der Waals surface area contributed by atoms with Crippen LogP contribution in [-0.4, -0.2) is 31.5 Å². The van der Waals surface area contributed by atoms with Gasteiger partial charge in [-0.1, -0.05) is 19.8 Å². The van der Waals surface area contributed by atoms with E-state index in [2.05, 4.69) is 6.92 Å². The molecular weight excluding hydrogens is 214 g/mol. The van der Waals surface area contributed by atoms with Gasteiger partial charge in [-0.05, 0) is 39.0 Å². The minimum atomic E-state index is 0.224. The fourth-order valence-corrected chi connectivity index (χ4v) is 2.58. The van der Waals surface area contributed by atoms with Crippen molar-refractivity contribution < 1.29 is 9.47 Å². The predicted molar refractivity (Wildman–Crippen MR) is 71.1 cm³/mol. The Morgan fingerprint density at radius 1 is 1.24 bits per heavy atom. The molecule has 3 unspecified atom stereocenters. The minimum Gasteiger partial charge on any atom is -0.376 e. The molecule has 1 rings (SSSR count). The molecule has 102 valence electrons. The molecule has 0 aromatic heterocycles. The molecule has 3 atom stereocenters. The molecule has 0 aromatic carbocycles. The van der Waals surface area contributed by atoms with Crippen molar-refractivity contribution >= 4 is 0 Å². The highest BCUT2D eigenvalue weighted by Gasteiger charge is 2.28. The van der Waals surface area contributed by atoms with Crippen molar-refractivity contribution in [3.05, 3.63) is 0 Å². The molecule has 0 aromatic rings. The monoisotopic (exact) mass is 243 g/mol. The molecule has 0 aliphatic heterocycles. The zero-order chi connectivity index (χ0) is 12.7. The number of rotatable bonds is 7. The van der Waals surface area contributed by atoms with Crippen molar-refractivity contribution in [3.8, 4) is 0 Å². The summed E-state index contributed by atoms with van der Waals surface area (Å²) in [6.07, 6.45) is 6.63. The van der Waals surface area contributed by atoms with Crippen LogP contribution < -0.4 is 5.73 Å². The highest BCUT2D eigenvalue weighted by molar-refractivity contribution is 4.83. The van der Waals surface area contributed by atoms with Crippen molar-refractivity contribution in [3.63, 3.8) is 0 Å². The molecular formula is C14H29NO2. The third-order valence-corrected chi connectivity index (χ3v) is 3.51. The van der Waals surface area contributed by atoms with Crippen LogP contribution in [0.1, 0.15) is 52.9 Å². The first kappa shape index (κ1) is 14.9. The van der Waals surface area contributed by atoms with Crippen molar-refractivity contribution in [2.24, 2.45) is 11.7 Å². The highest BCUT2D eigenvalue weighted by Crippen LogP contribution is 2.28. The maximum atomic E-state index is 6.11. The van der Waals surface area contributed by atoms with E-state index in [0.717, 1.165) is 18.8 Å². The fourth-order valence-electron chi connectivity index (χ4n) is 2.58. The Balaban J connectivity index is 2.20. The van der Waals surface area contributed by atoms with Crippen LogP contribution in [0.5, 0.6) is 0 Å². The number of ether oxygens (including phenoxy) is 2. The van der Waals surface area contributed by atoms with Crippen LogP contribution in [0.2, 0.25) is 0 Å². The molecule has 17 heavy (non-hydrogen) atoms. The first-order valence-electron chi connectivity index (χ1n) is 7.12. The molecule has 1 aliphatic carbocycles. The summed E-state index contributed by atoms with van der Waals surface area (Å²) in [4.78, 5) is 0. The van der Waals surface area contributed by atoms with Gasteiger partial charge in [0.15, 0.2) is 0 Å². The Morgan fingerprint density at radius 2 is 2.00 bits per heavy atom. The number of hydrogen-bond donors (Lipinski definition) is 1. The Hall–Kier alpha value is -0.120. The number of hydrogen-bond acceptors (Lipinski definition) is 3. The topological polar surface area (TPSA) is 44.5 Å². The maximum Gasteiger partial charge on any atom is 0.0729 e. The molecule has 1 fully saturated rings. The van der Waals surface area contributed by atoms with Crippen LogP contribution in [0, 0.1) is 5.92 Å². The van der Waals surface area contributed by atoms with Crippen LogP contribution in [0.25, 0.3) is 0 Å². The van der Waals surface area contributed by atoms with Gasteiger partial charge in [0.1, 0.15) is 0 Å². The average Bonchev–Trinajstić information content (AvgIpc) is 2.28. The maximum absolute atomic E-state index is 6.11. The van der Waals surface area contributed by atoms with E-state index in [-0.39, 0.29) is 18.2 Å². The molecule has 2 N–H and O–H groups in total. The molecule has 0 bridgehead atoms. The van der Waals surface area contributed by atoms with Gasteiger partial charge in [-0.25, -0.2) is 0 Å². The van der Waals surface area contributed by atoms with Crippen LogP contribution >= 0.6 is 0 Å². The highest BCUT2D eigenvalue weighted by atomic mass is 16.5. The second-order valence-corrected chi connectivity index (χ2v) is 5.46. The van der Waals surface area contributed by atoms with E-state index >= 15 is 0 Å². The third kappa shape index (κ3) is 5.84. The predicted octanol–water partition coefficient (Wildman–Crippen LogP) is 2.72. The fraction of sp³-hybridized carbons (Fsp3) is 1.00. The van der Waals surface area contributed by atoms with E-state index in [9.17, 15) is 0 Å². The second-order valence-electron chi connectivity index (χ2n) is 5.46. The van der Waals surface area contributed by atoms with Gasteiger partial charge in [0, 0.05) is 6.04 Å². The third-order valence-electron chi connectivity index (χ3n) is 3.51. The van der Waals surface area contributed by atoms with Gasteiger partial charge in [0.25, 0.3) is 0 Å². The van der Waals surface area contributed by atoms with Crippen molar-refractivity contribution in [2.75, 3.05) is 13.2 Å². The molecule has 0 heterocycles. The van der Waals surface area contributed by atoms with Crippen LogP contribution in [-0.2, 0) is 9.47 Å². The summed E-state index contributed by atoms with van der Waals surface area (Å²) < 4.78 is 11.3. The van der Waals surface area contributed by atoms with Gasteiger partial charge in [0.2, 0.25) is 0 Å². The lowest BCUT2D eigenvalue weighted by molar-refractivity contribution is -0.0401. The van der Waals surface area contributed by atoms with Gasteiger partial charge >= 0.3 is 0 Å². The van der Waals surface area contributed by atoms with Gasteiger partial charge in [0.05, 0.1) is 25.4 Å². The smallest absolute Gasteiger partial charge is 0.0729 e. The summed E-state index contributed by atoms with van der Waals surface area (Å²) in [6, 6.07) is 0.224. The summed E-state index contributed by atoms with van der Waals surface area (Å²) >= 11 is 0. The Labute approximate surface area is 106 Å². The molecule has 3 nitrogen and oxygen atoms in total. The van der Waals surface area contributed by atoms with Crippen molar-refractivity contribution in [1.29, 1.82) is 0 Å². The average molecular weight is 243 g/mol. The zero-order valence-electron chi connectivity index (χ0n) is 11.7. The molecule has 1 saturated carbocycles. The van der Waals surface area contributed by atoms with Crippen LogP contribution in [0.3, 0.4) is 0 Å². The summed E-state index contributed by atoms with van der Waals surface area (Å²) in [5.41, 5.74) is 6.11. The molecule has 3 heteroatoms. The van der Waals surface area contributed by atoms with E-state index in [1.54, 1.807) is 0 Å². The lowest BCUT2D eigenvalue weighted by Crippen LogP contribution is -2.42. The Kier molecular flexibility index (Phi) is 7.09. The van der Waals surface area contributed by atoms with Crippen LogP contribution in [0.15, 0.2) is 0 Å². The van der Waals surface area contributed by atoms with Gasteiger partial charge in [-0.15, -0.1) is 0 Å². The van der Waals surface area contributed by atoms with Crippen molar-refractivity contribution in [2.45, 2.75) is 71.1 Å². The first-order chi connectivity index (χ1) is 8.13. The van der Waals surface area contributed by atoms with E-state index in [1.807, 2.05) is 13.8 Å². The summed E-state index contributed by atoms with van der Waals surface area (Å²) in [5, 5.41) is 0. The van der Waals surface area contributed by atoms with Gasteiger partial charge in [-0.3, -0.25) is 0 Å². The quantitative estimate of drug-likeness (QED) is 0.699. The summed E-state index contributed by atoms with van der Waals surface area (Å²) in [5.74, 6) is 0.816. The minimum absolute atomic E-state index is 0.224. The largest absolute Gasteiger partial charge is 0.376 e. The van der Waals surface area contributed by atoms with Gasteiger partial charge < -0.3 is 15.2 Å². The first-order valence-corrected chi connectivity index (χ1v) is 7.12. The van der Waals surface area contributed by atoms with E-state index in [1.165, 1.54) is 19.3 Å². The summed E-state index contributed by atoms with van der Waals surface area (Å²) in [6.45, 7) is 7.70. The molecule has 1 aliphatic rings.